The molecule has 11 nitrogen and oxygen atoms in total. The summed E-state index contributed by atoms with van der Waals surface area (Å²) in [6.07, 6.45) is 2.35. The molecule has 0 aliphatic rings. The molecule has 0 unspecified atom stereocenters. The molecule has 3 aromatic heterocycles. The van der Waals surface area contributed by atoms with Crippen LogP contribution >= 0.6 is 0 Å². The van der Waals surface area contributed by atoms with Crippen LogP contribution in [0.2, 0.25) is 0 Å². The zero-order valence-corrected chi connectivity index (χ0v) is 19.3. The molecule has 0 spiro atoms. The maximum absolute atomic E-state index is 11.7. The standard InChI is InChI=1S/C21H22N6O5S/c1-5-32-17-11-6-8-13(23-17)20-25-19-21(22-12-16(24-19)26-33(4,28)29)27(20)18-14(30-2)9-7-10-15(18)31-3/h6-12H,5H2,1-4H3,(H,24,26). The number of nitrogens with zero attached hydrogens (tertiary/aromatic N) is 5. The van der Waals surface area contributed by atoms with Crippen molar-refractivity contribution in [2.75, 3.05) is 31.8 Å². The summed E-state index contributed by atoms with van der Waals surface area (Å²) in [5.74, 6) is 1.89. The number of aromatic nitrogens is 5. The number of rotatable bonds is 8. The number of nitrogens with one attached hydrogen (secondary N) is 1. The van der Waals surface area contributed by atoms with Gasteiger partial charge in [0.1, 0.15) is 22.9 Å². The maximum atomic E-state index is 11.7. The first-order valence-electron chi connectivity index (χ1n) is 9.89. The fourth-order valence-electron chi connectivity index (χ4n) is 3.30. The van der Waals surface area contributed by atoms with E-state index in [4.69, 9.17) is 14.2 Å². The molecule has 0 radical (unpaired) electrons. The smallest absolute Gasteiger partial charge is 0.231 e. The van der Waals surface area contributed by atoms with Crippen LogP contribution in [-0.4, -0.2) is 60.0 Å². The summed E-state index contributed by atoms with van der Waals surface area (Å²) in [7, 11) is -0.450. The van der Waals surface area contributed by atoms with Crippen LogP contribution in [0, 0.1) is 0 Å². The third kappa shape index (κ3) is 4.51. The van der Waals surface area contributed by atoms with Gasteiger partial charge < -0.3 is 14.2 Å². The van der Waals surface area contributed by atoms with E-state index in [0.29, 0.717) is 46.8 Å². The van der Waals surface area contributed by atoms with E-state index in [-0.39, 0.29) is 11.5 Å². The van der Waals surface area contributed by atoms with E-state index in [1.807, 2.05) is 6.92 Å². The Kier molecular flexibility index (Phi) is 6.01. The number of para-hydroxylation sites is 1. The van der Waals surface area contributed by atoms with Gasteiger partial charge in [0.05, 0.1) is 33.3 Å². The van der Waals surface area contributed by atoms with Crippen molar-refractivity contribution >= 4 is 27.1 Å². The largest absolute Gasteiger partial charge is 0.494 e. The predicted molar refractivity (Wildman–Crippen MR) is 123 cm³/mol. The van der Waals surface area contributed by atoms with Crippen molar-refractivity contribution in [3.63, 3.8) is 0 Å². The van der Waals surface area contributed by atoms with Gasteiger partial charge in [-0.05, 0) is 25.1 Å². The molecule has 0 aliphatic heterocycles. The average molecular weight is 471 g/mol. The summed E-state index contributed by atoms with van der Waals surface area (Å²) in [6.45, 7) is 2.32. The normalized spacial score (nSPS) is 11.4. The van der Waals surface area contributed by atoms with E-state index in [1.165, 1.54) is 6.20 Å². The summed E-state index contributed by atoms with van der Waals surface area (Å²) in [4.78, 5) is 18.0. The van der Waals surface area contributed by atoms with Crippen molar-refractivity contribution in [3.05, 3.63) is 42.6 Å². The van der Waals surface area contributed by atoms with Crippen LogP contribution in [-0.2, 0) is 10.0 Å². The molecule has 172 valence electrons. The third-order valence-electron chi connectivity index (χ3n) is 4.53. The number of fused-ring (bicyclic) bond motifs is 1. The number of imidazole rings is 1. The van der Waals surface area contributed by atoms with Gasteiger partial charge >= 0.3 is 0 Å². The Morgan fingerprint density at radius 1 is 1.00 bits per heavy atom. The van der Waals surface area contributed by atoms with Crippen molar-refractivity contribution in [2.24, 2.45) is 0 Å². The van der Waals surface area contributed by atoms with E-state index < -0.39 is 10.0 Å². The second-order valence-corrected chi connectivity index (χ2v) is 8.60. The Hall–Kier alpha value is -3.93. The minimum Gasteiger partial charge on any atom is -0.494 e. The summed E-state index contributed by atoms with van der Waals surface area (Å²) in [5.41, 5.74) is 1.60. The summed E-state index contributed by atoms with van der Waals surface area (Å²) < 4.78 is 44.1. The van der Waals surface area contributed by atoms with E-state index in [9.17, 15) is 8.42 Å². The highest BCUT2D eigenvalue weighted by molar-refractivity contribution is 7.92. The number of hydrogen-bond donors (Lipinski definition) is 1. The molecule has 0 amide bonds. The Bertz CT molecular complexity index is 1400. The van der Waals surface area contributed by atoms with E-state index >= 15 is 0 Å². The zero-order valence-electron chi connectivity index (χ0n) is 18.4. The molecular formula is C21H22N6O5S. The molecule has 12 heteroatoms. The predicted octanol–water partition coefficient (Wildman–Crippen LogP) is 2.66. The Balaban J connectivity index is 2.03. The van der Waals surface area contributed by atoms with Crippen LogP contribution < -0.4 is 18.9 Å². The third-order valence-corrected chi connectivity index (χ3v) is 5.11. The van der Waals surface area contributed by atoms with Gasteiger partial charge in [-0.15, -0.1) is 0 Å². The molecule has 33 heavy (non-hydrogen) atoms. The molecule has 0 bridgehead atoms. The van der Waals surface area contributed by atoms with Crippen molar-refractivity contribution in [3.8, 4) is 34.6 Å². The molecule has 0 atom stereocenters. The SMILES string of the molecule is CCOc1cccc(-c2nc3nc(NS(C)(=O)=O)cnc3n2-c2c(OC)cccc2OC)n1. The lowest BCUT2D eigenvalue weighted by molar-refractivity contribution is 0.327. The number of pyridine rings is 1. The molecule has 0 fully saturated rings. The van der Waals surface area contributed by atoms with Crippen LogP contribution in [0.3, 0.4) is 0 Å². The fourth-order valence-corrected chi connectivity index (χ4v) is 3.78. The number of hydrogen-bond acceptors (Lipinski definition) is 9. The monoisotopic (exact) mass is 470 g/mol. The van der Waals surface area contributed by atoms with Crippen molar-refractivity contribution in [2.45, 2.75) is 6.92 Å². The first-order chi connectivity index (χ1) is 15.8. The van der Waals surface area contributed by atoms with Gasteiger partial charge in [-0.2, -0.15) is 0 Å². The van der Waals surface area contributed by atoms with Gasteiger partial charge in [0.15, 0.2) is 22.9 Å². The molecular weight excluding hydrogens is 448 g/mol. The van der Waals surface area contributed by atoms with Gasteiger partial charge in [0.2, 0.25) is 15.9 Å². The molecule has 0 aliphatic carbocycles. The molecule has 0 saturated heterocycles. The van der Waals surface area contributed by atoms with Gasteiger partial charge in [0, 0.05) is 6.07 Å². The molecule has 4 aromatic rings. The van der Waals surface area contributed by atoms with Gasteiger partial charge in [-0.25, -0.2) is 28.4 Å². The highest BCUT2D eigenvalue weighted by Crippen LogP contribution is 2.37. The number of methoxy groups -OCH3 is 2. The average Bonchev–Trinajstić information content (AvgIpc) is 3.16. The second kappa shape index (κ2) is 8.90. The summed E-state index contributed by atoms with van der Waals surface area (Å²) in [5, 5.41) is 0. The summed E-state index contributed by atoms with van der Waals surface area (Å²) in [6, 6.07) is 10.7. The number of ether oxygens (including phenoxy) is 3. The van der Waals surface area contributed by atoms with E-state index in [2.05, 4.69) is 24.7 Å². The van der Waals surface area contributed by atoms with Crippen LogP contribution in [0.25, 0.3) is 28.5 Å². The Labute approximate surface area is 190 Å². The number of anilines is 1. The first kappa shape index (κ1) is 22.3. The van der Waals surface area contributed by atoms with Crippen LogP contribution in [0.5, 0.6) is 17.4 Å². The lowest BCUT2D eigenvalue weighted by Crippen LogP contribution is -2.11. The van der Waals surface area contributed by atoms with Gasteiger partial charge in [-0.3, -0.25) is 9.29 Å². The van der Waals surface area contributed by atoms with Crippen LogP contribution in [0.4, 0.5) is 5.82 Å². The molecule has 0 saturated carbocycles. The molecule has 1 aromatic carbocycles. The van der Waals surface area contributed by atoms with Crippen molar-refractivity contribution in [1.29, 1.82) is 0 Å². The van der Waals surface area contributed by atoms with E-state index in [1.54, 1.807) is 55.2 Å². The topological polar surface area (TPSA) is 130 Å². The molecule has 3 heterocycles. The number of benzene rings is 1. The lowest BCUT2D eigenvalue weighted by Gasteiger charge is -2.16. The Morgan fingerprint density at radius 3 is 2.33 bits per heavy atom. The summed E-state index contributed by atoms with van der Waals surface area (Å²) >= 11 is 0. The minimum atomic E-state index is -3.54. The van der Waals surface area contributed by atoms with Crippen LogP contribution in [0.1, 0.15) is 6.92 Å². The van der Waals surface area contributed by atoms with Gasteiger partial charge in [-0.1, -0.05) is 12.1 Å². The Morgan fingerprint density at radius 2 is 1.70 bits per heavy atom. The van der Waals surface area contributed by atoms with Crippen molar-refractivity contribution in [1.82, 2.24) is 24.5 Å². The molecule has 1 N–H and O–H groups in total. The van der Waals surface area contributed by atoms with Crippen molar-refractivity contribution < 1.29 is 22.6 Å². The first-order valence-corrected chi connectivity index (χ1v) is 11.8. The van der Waals surface area contributed by atoms with E-state index in [0.717, 1.165) is 6.26 Å². The molecule has 4 rings (SSSR count). The highest BCUT2D eigenvalue weighted by atomic mass is 32.2. The highest BCUT2D eigenvalue weighted by Gasteiger charge is 2.24. The lowest BCUT2D eigenvalue weighted by atomic mass is 10.2. The number of sulfonamides is 1. The minimum absolute atomic E-state index is 0.0456. The van der Waals surface area contributed by atoms with Crippen LogP contribution in [0.15, 0.2) is 42.6 Å². The van der Waals surface area contributed by atoms with Gasteiger partial charge in [0.25, 0.3) is 0 Å². The maximum Gasteiger partial charge on any atom is 0.231 e. The second-order valence-electron chi connectivity index (χ2n) is 6.85. The quantitative estimate of drug-likeness (QED) is 0.413. The fraction of sp³-hybridized carbons (Fsp3) is 0.238. The zero-order chi connectivity index (χ0) is 23.6.